The Balaban J connectivity index is 0.00000264. The molecule has 130 valence electrons. The van der Waals surface area contributed by atoms with Crippen molar-refractivity contribution in [3.05, 3.63) is 29.3 Å². The average molecular weight is 341 g/mol. The van der Waals surface area contributed by atoms with Crippen LogP contribution in [0.25, 0.3) is 0 Å². The van der Waals surface area contributed by atoms with Crippen molar-refractivity contribution in [1.82, 2.24) is 5.32 Å². The Kier molecular flexibility index (Phi) is 6.90. The lowest BCUT2D eigenvalue weighted by atomic mass is 9.87. The number of halogens is 1. The third-order valence-corrected chi connectivity index (χ3v) is 4.06. The molecule has 23 heavy (non-hydrogen) atoms. The zero-order valence-electron chi connectivity index (χ0n) is 14.5. The van der Waals surface area contributed by atoms with E-state index in [0.717, 1.165) is 23.5 Å². The normalized spacial score (nSPS) is 15.5. The maximum Gasteiger partial charge on any atom is 0.237 e. The maximum atomic E-state index is 12.1. The topological polar surface area (TPSA) is 64.4 Å². The molecule has 4 nitrogen and oxygen atoms in total. The summed E-state index contributed by atoms with van der Waals surface area (Å²) in [4.78, 5) is 12.1. The van der Waals surface area contributed by atoms with Crippen LogP contribution in [0.1, 0.15) is 44.7 Å². The molecular weight excluding hydrogens is 312 g/mol. The summed E-state index contributed by atoms with van der Waals surface area (Å²) >= 11 is 0. The third-order valence-electron chi connectivity index (χ3n) is 4.06. The first-order valence-corrected chi connectivity index (χ1v) is 8.03. The highest BCUT2D eigenvalue weighted by Crippen LogP contribution is 2.30. The Bertz CT molecular complexity index is 536. The molecule has 1 fully saturated rings. The van der Waals surface area contributed by atoms with E-state index in [-0.39, 0.29) is 23.7 Å². The first kappa shape index (κ1) is 19.8. The first-order valence-electron chi connectivity index (χ1n) is 8.03. The molecule has 1 amide bonds. The summed E-state index contributed by atoms with van der Waals surface area (Å²) in [6, 6.07) is 5.57. The number of ether oxygens (including phenoxy) is 1. The Morgan fingerprint density at radius 3 is 2.61 bits per heavy atom. The Hall–Kier alpha value is -1.26. The van der Waals surface area contributed by atoms with E-state index >= 15 is 0 Å². The number of rotatable bonds is 6. The fraction of sp³-hybridized carbons (Fsp3) is 0.611. The van der Waals surface area contributed by atoms with Gasteiger partial charge in [-0.1, -0.05) is 32.9 Å². The van der Waals surface area contributed by atoms with Crippen LogP contribution in [-0.2, 0) is 11.3 Å². The van der Waals surface area contributed by atoms with E-state index in [9.17, 15) is 4.79 Å². The van der Waals surface area contributed by atoms with Gasteiger partial charge < -0.3 is 15.8 Å². The minimum absolute atomic E-state index is 0. The van der Waals surface area contributed by atoms with Crippen molar-refractivity contribution in [2.45, 2.75) is 53.1 Å². The number of nitrogens with one attached hydrogen (secondary N) is 1. The van der Waals surface area contributed by atoms with Crippen molar-refractivity contribution in [2.75, 3.05) is 6.61 Å². The van der Waals surface area contributed by atoms with Gasteiger partial charge in [-0.25, -0.2) is 0 Å². The second-order valence-electron chi connectivity index (χ2n) is 7.43. The molecule has 0 unspecified atom stereocenters. The highest BCUT2D eigenvalue weighted by atomic mass is 35.5. The third kappa shape index (κ3) is 6.04. The van der Waals surface area contributed by atoms with Gasteiger partial charge in [-0.2, -0.15) is 0 Å². The van der Waals surface area contributed by atoms with E-state index in [4.69, 9.17) is 10.5 Å². The van der Waals surface area contributed by atoms with Crippen LogP contribution in [-0.4, -0.2) is 18.6 Å². The molecular formula is C18H29ClN2O2. The number of hydrogen-bond acceptors (Lipinski definition) is 3. The highest BCUT2D eigenvalue weighted by molar-refractivity contribution is 5.85. The van der Waals surface area contributed by atoms with Gasteiger partial charge in [-0.15, -0.1) is 12.4 Å². The van der Waals surface area contributed by atoms with E-state index in [2.05, 4.69) is 5.32 Å². The smallest absolute Gasteiger partial charge is 0.237 e. The summed E-state index contributed by atoms with van der Waals surface area (Å²) in [5.74, 6) is 1.45. The number of benzene rings is 1. The SMILES string of the molecule is Cc1ccc(CNC(=O)[C@@H](N)C(C)(C)C)c(OCC2CC2)c1.Cl. The van der Waals surface area contributed by atoms with Crippen molar-refractivity contribution in [3.63, 3.8) is 0 Å². The summed E-state index contributed by atoms with van der Waals surface area (Å²) in [7, 11) is 0. The van der Waals surface area contributed by atoms with E-state index < -0.39 is 6.04 Å². The van der Waals surface area contributed by atoms with Gasteiger partial charge in [0.1, 0.15) is 5.75 Å². The molecule has 5 heteroatoms. The number of amides is 1. The molecule has 0 spiro atoms. The Morgan fingerprint density at radius 2 is 2.04 bits per heavy atom. The van der Waals surface area contributed by atoms with E-state index in [1.54, 1.807) is 0 Å². The van der Waals surface area contributed by atoms with Crippen LogP contribution in [0.2, 0.25) is 0 Å². The van der Waals surface area contributed by atoms with Crippen LogP contribution in [0.5, 0.6) is 5.75 Å². The molecule has 0 heterocycles. The molecule has 1 aliphatic carbocycles. The van der Waals surface area contributed by atoms with Crippen LogP contribution < -0.4 is 15.8 Å². The van der Waals surface area contributed by atoms with Crippen molar-refractivity contribution in [3.8, 4) is 5.75 Å². The van der Waals surface area contributed by atoms with Gasteiger partial charge in [0.25, 0.3) is 0 Å². The molecule has 0 aromatic heterocycles. The first-order chi connectivity index (χ1) is 10.3. The molecule has 1 saturated carbocycles. The zero-order valence-corrected chi connectivity index (χ0v) is 15.3. The van der Waals surface area contributed by atoms with Crippen LogP contribution in [0.15, 0.2) is 18.2 Å². The molecule has 2 rings (SSSR count). The summed E-state index contributed by atoms with van der Waals surface area (Å²) in [5, 5.41) is 2.92. The lowest BCUT2D eigenvalue weighted by molar-refractivity contribution is -0.124. The molecule has 3 N–H and O–H groups in total. The van der Waals surface area contributed by atoms with Gasteiger partial charge in [-0.3, -0.25) is 4.79 Å². The summed E-state index contributed by atoms with van der Waals surface area (Å²) in [6.45, 7) is 9.16. The van der Waals surface area contributed by atoms with Crippen molar-refractivity contribution >= 4 is 18.3 Å². The lowest BCUT2D eigenvalue weighted by Gasteiger charge is -2.26. The summed E-state index contributed by atoms with van der Waals surface area (Å²) in [5.41, 5.74) is 7.90. The fourth-order valence-electron chi connectivity index (χ4n) is 2.12. The quantitative estimate of drug-likeness (QED) is 0.835. The van der Waals surface area contributed by atoms with Crippen LogP contribution in [0.3, 0.4) is 0 Å². The predicted octanol–water partition coefficient (Wildman–Crippen LogP) is 3.20. The number of aryl methyl sites for hydroxylation is 1. The van der Waals surface area contributed by atoms with Crippen LogP contribution in [0, 0.1) is 18.3 Å². The summed E-state index contributed by atoms with van der Waals surface area (Å²) in [6.07, 6.45) is 2.52. The lowest BCUT2D eigenvalue weighted by Crippen LogP contribution is -2.48. The van der Waals surface area contributed by atoms with Gasteiger partial charge in [0, 0.05) is 12.1 Å². The molecule has 1 aliphatic rings. The Labute approximate surface area is 145 Å². The monoisotopic (exact) mass is 340 g/mol. The number of nitrogens with two attached hydrogens (primary N) is 1. The number of carbonyl (C=O) groups is 1. The van der Waals surface area contributed by atoms with Crippen LogP contribution >= 0.6 is 12.4 Å². The molecule has 0 saturated heterocycles. The molecule has 1 aromatic carbocycles. The van der Waals surface area contributed by atoms with Gasteiger partial charge >= 0.3 is 0 Å². The molecule has 1 atom stereocenters. The number of hydrogen-bond donors (Lipinski definition) is 2. The van der Waals surface area contributed by atoms with Gasteiger partial charge in [0.05, 0.1) is 12.6 Å². The van der Waals surface area contributed by atoms with Gasteiger partial charge in [0.2, 0.25) is 5.91 Å². The highest BCUT2D eigenvalue weighted by Gasteiger charge is 2.27. The van der Waals surface area contributed by atoms with E-state index in [1.807, 2.05) is 45.9 Å². The Morgan fingerprint density at radius 1 is 1.39 bits per heavy atom. The molecule has 0 aliphatic heterocycles. The standard InChI is InChI=1S/C18H28N2O2.ClH/c1-12-5-8-14(15(9-12)22-11-13-6-7-13)10-20-17(21)16(19)18(2,3)4;/h5,8-9,13,16H,6-7,10-11,19H2,1-4H3,(H,20,21);1H/t16-;/m1./s1. The zero-order chi connectivity index (χ0) is 16.3. The van der Waals surface area contributed by atoms with Crippen LogP contribution in [0.4, 0.5) is 0 Å². The second-order valence-corrected chi connectivity index (χ2v) is 7.43. The predicted molar refractivity (Wildman–Crippen MR) is 95.9 cm³/mol. The number of carbonyl (C=O) groups excluding carboxylic acids is 1. The average Bonchev–Trinajstić information content (AvgIpc) is 3.26. The minimum atomic E-state index is -0.520. The largest absolute Gasteiger partial charge is 0.493 e. The molecule has 1 aromatic rings. The van der Waals surface area contributed by atoms with Crippen molar-refractivity contribution in [2.24, 2.45) is 17.1 Å². The molecule has 0 bridgehead atoms. The fourth-order valence-corrected chi connectivity index (χ4v) is 2.12. The van der Waals surface area contributed by atoms with Crippen molar-refractivity contribution < 1.29 is 9.53 Å². The summed E-state index contributed by atoms with van der Waals surface area (Å²) < 4.78 is 5.92. The van der Waals surface area contributed by atoms with E-state index in [1.165, 1.54) is 12.8 Å². The van der Waals surface area contributed by atoms with Crippen molar-refractivity contribution in [1.29, 1.82) is 0 Å². The van der Waals surface area contributed by atoms with E-state index in [0.29, 0.717) is 12.5 Å². The molecule has 0 radical (unpaired) electrons. The maximum absolute atomic E-state index is 12.1. The second kappa shape index (κ2) is 8.02. The van der Waals surface area contributed by atoms with Gasteiger partial charge in [0.15, 0.2) is 0 Å². The van der Waals surface area contributed by atoms with Gasteiger partial charge in [-0.05, 0) is 42.7 Å². The minimum Gasteiger partial charge on any atom is -0.493 e.